The molecule has 0 bridgehead atoms. The Morgan fingerprint density at radius 3 is 2.91 bits per heavy atom. The number of fused-ring (bicyclic) bond motifs is 1. The molecule has 3 heterocycles. The van der Waals surface area contributed by atoms with Crippen LogP contribution in [0.2, 0.25) is 0 Å². The van der Waals surface area contributed by atoms with E-state index < -0.39 is 11.5 Å². The summed E-state index contributed by atoms with van der Waals surface area (Å²) in [7, 11) is 0. The number of rotatable bonds is 4. The fourth-order valence-corrected chi connectivity index (χ4v) is 3.22. The third kappa shape index (κ3) is 2.32. The predicted molar refractivity (Wildman–Crippen MR) is 78.2 cm³/mol. The van der Waals surface area contributed by atoms with Crippen molar-refractivity contribution in [3.63, 3.8) is 0 Å². The molecule has 0 spiro atoms. The minimum atomic E-state index is -0.951. The maximum absolute atomic E-state index is 12.4. The van der Waals surface area contributed by atoms with Gasteiger partial charge in [-0.2, -0.15) is 5.10 Å². The molecule has 2 aromatic heterocycles. The molecule has 1 aliphatic rings. The molecule has 0 saturated carbocycles. The second-order valence-electron chi connectivity index (χ2n) is 5.75. The fourth-order valence-electron chi connectivity index (χ4n) is 3.22. The molecule has 1 saturated heterocycles. The van der Waals surface area contributed by atoms with Crippen LogP contribution in [0.15, 0.2) is 24.5 Å². The highest BCUT2D eigenvalue weighted by molar-refractivity contribution is 5.81. The van der Waals surface area contributed by atoms with Gasteiger partial charge in [0.15, 0.2) is 5.65 Å². The molecule has 3 rings (SSSR count). The lowest BCUT2D eigenvalue weighted by atomic mass is 9.93. The van der Waals surface area contributed by atoms with Crippen LogP contribution < -0.4 is 0 Å². The summed E-state index contributed by atoms with van der Waals surface area (Å²) < 4.78 is 1.75. The molecule has 0 aromatic carbocycles. The fraction of sp³-hybridized carbons (Fsp3) is 0.467. The normalized spacial score (nSPS) is 21.4. The van der Waals surface area contributed by atoms with Gasteiger partial charge in [-0.05, 0) is 25.8 Å². The highest BCUT2D eigenvalue weighted by atomic mass is 16.4. The van der Waals surface area contributed by atoms with E-state index in [1.165, 1.54) is 0 Å². The molecule has 116 valence electrons. The number of hydrogen-bond acceptors (Lipinski definition) is 4. The van der Waals surface area contributed by atoms with E-state index >= 15 is 0 Å². The quantitative estimate of drug-likeness (QED) is 0.923. The van der Waals surface area contributed by atoms with Crippen molar-refractivity contribution in [3.05, 3.63) is 30.2 Å². The van der Waals surface area contributed by atoms with Crippen molar-refractivity contribution in [2.24, 2.45) is 0 Å². The van der Waals surface area contributed by atoms with Crippen molar-refractivity contribution in [2.75, 3.05) is 6.54 Å². The van der Waals surface area contributed by atoms with Gasteiger partial charge in [-0.15, -0.1) is 0 Å². The van der Waals surface area contributed by atoms with Crippen LogP contribution in [0.1, 0.15) is 38.3 Å². The number of carbonyl (C=O) groups excluding carboxylic acids is 1. The predicted octanol–water partition coefficient (Wildman–Crippen LogP) is 1.43. The first-order valence-electron chi connectivity index (χ1n) is 7.34. The van der Waals surface area contributed by atoms with E-state index in [9.17, 15) is 9.59 Å². The number of amides is 1. The van der Waals surface area contributed by atoms with Gasteiger partial charge in [-0.25, -0.2) is 9.50 Å². The Labute approximate surface area is 127 Å². The third-order valence-corrected chi connectivity index (χ3v) is 4.34. The van der Waals surface area contributed by atoms with Crippen LogP contribution in [0.5, 0.6) is 0 Å². The smallest absolute Gasteiger partial charge is 0.303 e. The number of carboxylic acids is 1. The summed E-state index contributed by atoms with van der Waals surface area (Å²) in [6.45, 7) is 2.65. The summed E-state index contributed by atoms with van der Waals surface area (Å²) in [6.07, 6.45) is 5.00. The molecule has 0 radical (unpaired) electrons. The Morgan fingerprint density at radius 2 is 2.14 bits per heavy atom. The van der Waals surface area contributed by atoms with E-state index in [4.69, 9.17) is 5.11 Å². The summed E-state index contributed by atoms with van der Waals surface area (Å²) in [5.41, 5.74) is 1.16. The average Bonchev–Trinajstić information content (AvgIpc) is 3.11. The Morgan fingerprint density at radius 1 is 1.32 bits per heavy atom. The SMILES string of the molecule is CC1(c2ccnc3ccnn23)CCCN1C(=O)CCC(=O)O. The second kappa shape index (κ2) is 5.40. The molecule has 0 aliphatic carbocycles. The van der Waals surface area contributed by atoms with Crippen LogP contribution >= 0.6 is 0 Å². The van der Waals surface area contributed by atoms with Crippen LogP contribution in [-0.2, 0) is 15.1 Å². The first-order chi connectivity index (χ1) is 10.5. The van der Waals surface area contributed by atoms with Gasteiger partial charge in [0.25, 0.3) is 0 Å². The van der Waals surface area contributed by atoms with E-state index in [2.05, 4.69) is 10.1 Å². The van der Waals surface area contributed by atoms with Gasteiger partial charge < -0.3 is 10.0 Å². The maximum Gasteiger partial charge on any atom is 0.303 e. The summed E-state index contributed by atoms with van der Waals surface area (Å²) in [5, 5.41) is 13.1. The van der Waals surface area contributed by atoms with Crippen molar-refractivity contribution >= 4 is 17.5 Å². The lowest BCUT2D eigenvalue weighted by molar-refractivity contribution is -0.142. The lowest BCUT2D eigenvalue weighted by Gasteiger charge is -2.35. The second-order valence-corrected chi connectivity index (χ2v) is 5.75. The van der Waals surface area contributed by atoms with Gasteiger partial charge in [0.05, 0.1) is 23.9 Å². The van der Waals surface area contributed by atoms with E-state index in [-0.39, 0.29) is 18.7 Å². The summed E-state index contributed by atoms with van der Waals surface area (Å²) in [5.74, 6) is -1.08. The molecule has 1 amide bonds. The number of hydrogen-bond donors (Lipinski definition) is 1. The molecule has 22 heavy (non-hydrogen) atoms. The van der Waals surface area contributed by atoms with Crippen molar-refractivity contribution in [3.8, 4) is 0 Å². The Bertz CT molecular complexity index is 726. The molecule has 1 fully saturated rings. The highest BCUT2D eigenvalue weighted by Gasteiger charge is 2.42. The van der Waals surface area contributed by atoms with Crippen LogP contribution in [0, 0.1) is 0 Å². The zero-order valence-electron chi connectivity index (χ0n) is 12.4. The number of nitrogens with zero attached hydrogens (tertiary/aromatic N) is 4. The monoisotopic (exact) mass is 302 g/mol. The molecule has 2 aromatic rings. The van der Waals surface area contributed by atoms with Crippen molar-refractivity contribution in [1.82, 2.24) is 19.5 Å². The first-order valence-corrected chi connectivity index (χ1v) is 7.34. The largest absolute Gasteiger partial charge is 0.481 e. The molecular weight excluding hydrogens is 284 g/mol. The van der Waals surface area contributed by atoms with Crippen LogP contribution in [0.3, 0.4) is 0 Å². The van der Waals surface area contributed by atoms with Gasteiger partial charge in [-0.1, -0.05) is 0 Å². The van der Waals surface area contributed by atoms with Crippen LogP contribution in [-0.4, -0.2) is 43.0 Å². The Kier molecular flexibility index (Phi) is 3.56. The van der Waals surface area contributed by atoms with Crippen molar-refractivity contribution in [2.45, 2.75) is 38.1 Å². The number of carboxylic acid groups (broad SMARTS) is 1. The standard InChI is InChI=1S/C15H18N4O3/c1-15(11-5-8-16-12-6-9-17-19(11)12)7-2-10-18(15)13(20)3-4-14(21)22/h5-6,8-9H,2-4,7,10H2,1H3,(H,21,22). The number of aliphatic carboxylic acids is 1. The zero-order chi connectivity index (χ0) is 15.7. The molecule has 7 nitrogen and oxygen atoms in total. The Balaban J connectivity index is 1.95. The molecule has 1 N–H and O–H groups in total. The van der Waals surface area contributed by atoms with Crippen LogP contribution in [0.4, 0.5) is 0 Å². The van der Waals surface area contributed by atoms with Crippen molar-refractivity contribution < 1.29 is 14.7 Å². The van der Waals surface area contributed by atoms with Gasteiger partial charge in [0.2, 0.25) is 5.91 Å². The van der Waals surface area contributed by atoms with Gasteiger partial charge in [0.1, 0.15) is 0 Å². The third-order valence-electron chi connectivity index (χ3n) is 4.34. The van der Waals surface area contributed by atoms with Crippen LogP contribution in [0.25, 0.3) is 5.65 Å². The summed E-state index contributed by atoms with van der Waals surface area (Å²) >= 11 is 0. The molecule has 7 heteroatoms. The molecular formula is C15H18N4O3. The van der Waals surface area contributed by atoms with E-state index in [0.717, 1.165) is 24.2 Å². The van der Waals surface area contributed by atoms with E-state index in [0.29, 0.717) is 6.54 Å². The summed E-state index contributed by atoms with van der Waals surface area (Å²) in [4.78, 5) is 29.2. The average molecular weight is 302 g/mol. The van der Waals surface area contributed by atoms with E-state index in [1.807, 2.05) is 19.1 Å². The minimum absolute atomic E-state index is 0.0260. The molecule has 1 unspecified atom stereocenters. The minimum Gasteiger partial charge on any atom is -0.481 e. The van der Waals surface area contributed by atoms with Gasteiger partial charge >= 0.3 is 5.97 Å². The number of carbonyl (C=O) groups is 2. The number of likely N-dealkylation sites (tertiary alicyclic amines) is 1. The summed E-state index contributed by atoms with van der Waals surface area (Å²) in [6, 6.07) is 3.70. The highest BCUT2D eigenvalue weighted by Crippen LogP contribution is 2.38. The topological polar surface area (TPSA) is 87.8 Å². The number of aromatic nitrogens is 3. The van der Waals surface area contributed by atoms with Crippen molar-refractivity contribution in [1.29, 1.82) is 0 Å². The molecule has 1 aliphatic heterocycles. The maximum atomic E-state index is 12.4. The lowest BCUT2D eigenvalue weighted by Crippen LogP contribution is -2.44. The molecule has 1 atom stereocenters. The van der Waals surface area contributed by atoms with E-state index in [1.54, 1.807) is 21.8 Å². The van der Waals surface area contributed by atoms with Gasteiger partial charge in [-0.3, -0.25) is 9.59 Å². The first kappa shape index (κ1) is 14.5. The van der Waals surface area contributed by atoms with Gasteiger partial charge in [0, 0.05) is 25.2 Å². The zero-order valence-corrected chi connectivity index (χ0v) is 12.4. The Hall–Kier alpha value is -2.44.